The van der Waals surface area contributed by atoms with Crippen LogP contribution < -0.4 is 5.32 Å². The third-order valence-electron chi connectivity index (χ3n) is 3.01. The number of nitrogens with zero attached hydrogens (tertiary/aromatic N) is 2. The number of sulfone groups is 1. The summed E-state index contributed by atoms with van der Waals surface area (Å²) in [6.45, 7) is 2.46. The number of rotatable bonds is 4. The third kappa shape index (κ3) is 3.32. The number of hydrogen-bond acceptors (Lipinski definition) is 4. The fourth-order valence-electron chi connectivity index (χ4n) is 2.10. The molecule has 100 valence electrons. The highest BCUT2D eigenvalue weighted by Crippen LogP contribution is 2.18. The largest absolute Gasteiger partial charge is 0.352 e. The van der Waals surface area contributed by atoms with E-state index in [1.807, 2.05) is 19.2 Å². The van der Waals surface area contributed by atoms with Crippen molar-refractivity contribution in [2.45, 2.75) is 25.9 Å². The molecule has 1 aromatic rings. The minimum atomic E-state index is -3.00. The highest BCUT2D eigenvalue weighted by atomic mass is 32.2. The van der Waals surface area contributed by atoms with Gasteiger partial charge in [0.05, 0.1) is 24.0 Å². The molecule has 6 nitrogen and oxygen atoms in total. The first-order valence-electron chi connectivity index (χ1n) is 5.94. The Bertz CT molecular complexity index is 510. The van der Waals surface area contributed by atoms with Crippen LogP contribution in [0.5, 0.6) is 0 Å². The topological polar surface area (TPSA) is 81.1 Å². The first kappa shape index (κ1) is 13.1. The van der Waals surface area contributed by atoms with Gasteiger partial charge in [-0.1, -0.05) is 0 Å². The fraction of sp³-hybridized carbons (Fsp3) is 0.636. The van der Waals surface area contributed by atoms with E-state index < -0.39 is 15.8 Å². The summed E-state index contributed by atoms with van der Waals surface area (Å²) in [4.78, 5) is 11.9. The molecule has 1 saturated heterocycles. The maximum Gasteiger partial charge on any atom is 0.224 e. The van der Waals surface area contributed by atoms with E-state index in [0.717, 1.165) is 0 Å². The van der Waals surface area contributed by atoms with Gasteiger partial charge in [-0.2, -0.15) is 5.10 Å². The van der Waals surface area contributed by atoms with Crippen LogP contribution >= 0.6 is 0 Å². The normalized spacial score (nSPS) is 23.7. The van der Waals surface area contributed by atoms with Crippen molar-refractivity contribution >= 4 is 15.7 Å². The van der Waals surface area contributed by atoms with Crippen LogP contribution in [0.4, 0.5) is 0 Å². The smallest absolute Gasteiger partial charge is 0.224 e. The van der Waals surface area contributed by atoms with Crippen molar-refractivity contribution in [3.63, 3.8) is 0 Å². The first-order valence-corrected chi connectivity index (χ1v) is 7.76. The molecular formula is C11H17N3O3S. The van der Waals surface area contributed by atoms with Crippen LogP contribution in [-0.2, 0) is 21.2 Å². The molecule has 1 aromatic heterocycles. The number of carbonyl (C=O) groups is 1. The van der Waals surface area contributed by atoms with Gasteiger partial charge in [-0.05, 0) is 19.4 Å². The zero-order chi connectivity index (χ0) is 13.2. The van der Waals surface area contributed by atoms with Crippen molar-refractivity contribution in [1.82, 2.24) is 15.1 Å². The van der Waals surface area contributed by atoms with E-state index in [-0.39, 0.29) is 23.5 Å². The maximum atomic E-state index is 11.9. The van der Waals surface area contributed by atoms with E-state index in [9.17, 15) is 13.2 Å². The Morgan fingerprint density at radius 3 is 2.94 bits per heavy atom. The SMILES string of the molecule is C[C@@H](Cn1cccn1)NC(=O)[C@H]1CCS(=O)(=O)C1. The molecule has 0 bridgehead atoms. The van der Waals surface area contributed by atoms with Gasteiger partial charge in [0.25, 0.3) is 0 Å². The highest BCUT2D eigenvalue weighted by Gasteiger charge is 2.33. The van der Waals surface area contributed by atoms with Gasteiger partial charge in [-0.3, -0.25) is 9.48 Å². The molecule has 0 aromatic carbocycles. The molecule has 2 atom stereocenters. The summed E-state index contributed by atoms with van der Waals surface area (Å²) in [6.07, 6.45) is 3.93. The average Bonchev–Trinajstić information content (AvgIpc) is 2.87. The molecule has 1 aliphatic heterocycles. The second-order valence-corrected chi connectivity index (χ2v) is 6.97. The van der Waals surface area contributed by atoms with Crippen LogP contribution in [0.1, 0.15) is 13.3 Å². The van der Waals surface area contributed by atoms with Gasteiger partial charge in [0.2, 0.25) is 5.91 Å². The van der Waals surface area contributed by atoms with Crippen molar-refractivity contribution in [2.24, 2.45) is 5.92 Å². The lowest BCUT2D eigenvalue weighted by atomic mass is 10.1. The summed E-state index contributed by atoms with van der Waals surface area (Å²) in [6, 6.07) is 1.75. The minimum absolute atomic E-state index is 0.0205. The molecule has 2 rings (SSSR count). The molecular weight excluding hydrogens is 254 g/mol. The van der Waals surface area contributed by atoms with E-state index in [1.54, 1.807) is 10.9 Å². The van der Waals surface area contributed by atoms with E-state index in [1.165, 1.54) is 0 Å². The number of aromatic nitrogens is 2. The molecule has 0 unspecified atom stereocenters. The lowest BCUT2D eigenvalue weighted by Gasteiger charge is -2.16. The highest BCUT2D eigenvalue weighted by molar-refractivity contribution is 7.91. The molecule has 18 heavy (non-hydrogen) atoms. The molecule has 0 saturated carbocycles. The quantitative estimate of drug-likeness (QED) is 0.824. The summed E-state index contributed by atoms with van der Waals surface area (Å²) in [5, 5.41) is 6.89. The lowest BCUT2D eigenvalue weighted by molar-refractivity contribution is -0.124. The molecule has 1 N–H and O–H groups in total. The predicted molar refractivity (Wildman–Crippen MR) is 66.6 cm³/mol. The predicted octanol–water partition coefficient (Wildman–Crippen LogP) is -0.177. The molecule has 0 radical (unpaired) electrons. The number of nitrogens with one attached hydrogen (secondary N) is 1. The number of carbonyl (C=O) groups excluding carboxylic acids is 1. The molecule has 0 aliphatic carbocycles. The van der Waals surface area contributed by atoms with Crippen LogP contribution in [0.2, 0.25) is 0 Å². The molecule has 0 spiro atoms. The second-order valence-electron chi connectivity index (χ2n) is 4.74. The Labute approximate surface area is 106 Å². The van der Waals surface area contributed by atoms with Crippen molar-refractivity contribution in [3.05, 3.63) is 18.5 Å². The first-order chi connectivity index (χ1) is 8.46. The Morgan fingerprint density at radius 2 is 2.39 bits per heavy atom. The average molecular weight is 271 g/mol. The van der Waals surface area contributed by atoms with Crippen LogP contribution in [0.25, 0.3) is 0 Å². The number of amides is 1. The van der Waals surface area contributed by atoms with Gasteiger partial charge in [0.15, 0.2) is 9.84 Å². The van der Waals surface area contributed by atoms with Gasteiger partial charge in [-0.15, -0.1) is 0 Å². The standard InChI is InChI=1S/C11H17N3O3S/c1-9(7-14-5-2-4-12-14)13-11(15)10-3-6-18(16,17)8-10/h2,4-5,9-10H,3,6-8H2,1H3,(H,13,15)/t9-,10-/m0/s1. The van der Waals surface area contributed by atoms with Crippen molar-refractivity contribution < 1.29 is 13.2 Å². The Hall–Kier alpha value is -1.37. The van der Waals surface area contributed by atoms with Gasteiger partial charge in [0.1, 0.15) is 0 Å². The summed E-state index contributed by atoms with van der Waals surface area (Å²) in [5.74, 6) is -0.461. The van der Waals surface area contributed by atoms with Crippen LogP contribution in [-0.4, -0.2) is 41.7 Å². The van der Waals surface area contributed by atoms with E-state index >= 15 is 0 Å². The zero-order valence-corrected chi connectivity index (χ0v) is 11.1. The lowest BCUT2D eigenvalue weighted by Crippen LogP contribution is -2.40. The third-order valence-corrected chi connectivity index (χ3v) is 4.78. The maximum absolute atomic E-state index is 11.9. The molecule has 1 fully saturated rings. The van der Waals surface area contributed by atoms with E-state index in [4.69, 9.17) is 0 Å². The van der Waals surface area contributed by atoms with E-state index in [2.05, 4.69) is 10.4 Å². The van der Waals surface area contributed by atoms with E-state index in [0.29, 0.717) is 13.0 Å². The van der Waals surface area contributed by atoms with Crippen LogP contribution in [0.15, 0.2) is 18.5 Å². The van der Waals surface area contributed by atoms with Gasteiger partial charge < -0.3 is 5.32 Å². The molecule has 2 heterocycles. The molecule has 1 aliphatic rings. The van der Waals surface area contributed by atoms with Crippen LogP contribution in [0.3, 0.4) is 0 Å². The summed E-state index contributed by atoms with van der Waals surface area (Å²) in [7, 11) is -3.00. The second kappa shape index (κ2) is 5.09. The molecule has 7 heteroatoms. The summed E-state index contributed by atoms with van der Waals surface area (Å²) < 4.78 is 24.3. The zero-order valence-electron chi connectivity index (χ0n) is 10.2. The van der Waals surface area contributed by atoms with Crippen molar-refractivity contribution in [1.29, 1.82) is 0 Å². The van der Waals surface area contributed by atoms with Crippen molar-refractivity contribution in [3.8, 4) is 0 Å². The number of hydrogen-bond donors (Lipinski definition) is 1. The Kier molecular flexibility index (Phi) is 3.70. The van der Waals surface area contributed by atoms with Gasteiger partial charge >= 0.3 is 0 Å². The summed E-state index contributed by atoms with van der Waals surface area (Å²) in [5.41, 5.74) is 0. The Morgan fingerprint density at radius 1 is 1.61 bits per heavy atom. The van der Waals surface area contributed by atoms with Gasteiger partial charge in [-0.25, -0.2) is 8.42 Å². The summed E-state index contributed by atoms with van der Waals surface area (Å²) >= 11 is 0. The fourth-order valence-corrected chi connectivity index (χ4v) is 3.84. The van der Waals surface area contributed by atoms with Gasteiger partial charge in [0, 0.05) is 18.4 Å². The Balaban J connectivity index is 1.84. The van der Waals surface area contributed by atoms with Crippen LogP contribution in [0, 0.1) is 5.92 Å². The monoisotopic (exact) mass is 271 g/mol. The minimum Gasteiger partial charge on any atom is -0.352 e. The van der Waals surface area contributed by atoms with Crippen molar-refractivity contribution in [2.75, 3.05) is 11.5 Å². The molecule has 1 amide bonds.